The lowest BCUT2D eigenvalue weighted by Gasteiger charge is -2.11. The smallest absolute Gasteiger partial charge is 0.00763 e. The van der Waals surface area contributed by atoms with Gasteiger partial charge in [0.2, 0.25) is 0 Å². The van der Waals surface area contributed by atoms with Gasteiger partial charge in [-0.15, -0.1) is 17.0 Å². The first-order valence-corrected chi connectivity index (χ1v) is 4.62. The van der Waals surface area contributed by atoms with Crippen molar-refractivity contribution in [2.75, 3.05) is 0 Å². The second-order valence-corrected chi connectivity index (χ2v) is 3.47. The molecule has 0 fully saturated rings. The number of hydrogen-bond donors (Lipinski definition) is 0. The Balaban J connectivity index is 0.000000750. The van der Waals surface area contributed by atoms with E-state index in [0.29, 0.717) is 0 Å². The molecule has 14 heavy (non-hydrogen) atoms. The summed E-state index contributed by atoms with van der Waals surface area (Å²) in [5, 5.41) is 2.80. The van der Waals surface area contributed by atoms with Crippen molar-refractivity contribution in [1.29, 1.82) is 0 Å². The minimum Gasteiger partial charge on any atom is -0.114 e. The number of hydrogen-bond acceptors (Lipinski definition) is 0. The van der Waals surface area contributed by atoms with Crippen LogP contribution in [0.1, 0.15) is 11.1 Å². The molecule has 0 spiro atoms. The van der Waals surface area contributed by atoms with E-state index < -0.39 is 0 Å². The van der Waals surface area contributed by atoms with E-state index in [1.54, 1.807) is 0 Å². The van der Waals surface area contributed by atoms with Gasteiger partial charge in [0.25, 0.3) is 0 Å². The fraction of sp³-hybridized carbons (Fsp3) is 0.0769. The van der Waals surface area contributed by atoms with Crippen molar-refractivity contribution in [3.05, 3.63) is 53.6 Å². The van der Waals surface area contributed by atoms with Gasteiger partial charge in [-0.05, 0) is 28.3 Å². The zero-order chi connectivity index (χ0) is 8.67. The van der Waals surface area contributed by atoms with Crippen LogP contribution in [0, 0.1) is 0 Å². The average molecular weight is 247 g/mol. The van der Waals surface area contributed by atoms with Crippen molar-refractivity contribution in [2.45, 2.75) is 6.42 Å². The van der Waals surface area contributed by atoms with Crippen molar-refractivity contribution >= 4 is 33.8 Å². The lowest BCUT2D eigenvalue weighted by Crippen LogP contribution is -1.91. The topological polar surface area (TPSA) is 0 Å². The molecule has 0 saturated heterocycles. The molecule has 3 rings (SSSR count). The van der Waals surface area contributed by atoms with Crippen LogP contribution in [0.25, 0.3) is 16.8 Å². The highest BCUT2D eigenvalue weighted by Crippen LogP contribution is 2.27. The number of rotatable bonds is 0. The van der Waals surface area contributed by atoms with Gasteiger partial charge in [0.1, 0.15) is 0 Å². The maximum absolute atomic E-state index is 2.23. The molecule has 0 radical (unpaired) electrons. The molecule has 1 aliphatic carbocycles. The predicted molar refractivity (Wildman–Crippen MR) is 67.0 cm³/mol. The maximum Gasteiger partial charge on any atom is -0.00763 e. The quantitative estimate of drug-likeness (QED) is 0.660. The molecule has 0 amide bonds. The van der Waals surface area contributed by atoms with Gasteiger partial charge in [-0.1, -0.05) is 48.6 Å². The van der Waals surface area contributed by atoms with E-state index in [1.165, 1.54) is 21.9 Å². The molecule has 0 aromatic heterocycles. The summed E-state index contributed by atoms with van der Waals surface area (Å²) >= 11 is 0. The van der Waals surface area contributed by atoms with Crippen LogP contribution < -0.4 is 0 Å². The van der Waals surface area contributed by atoms with Crippen molar-refractivity contribution in [1.82, 2.24) is 0 Å². The van der Waals surface area contributed by atoms with Crippen LogP contribution in [-0.2, 0) is 6.42 Å². The fourth-order valence-electron chi connectivity index (χ4n) is 2.07. The Morgan fingerprint density at radius 2 is 1.71 bits per heavy atom. The highest BCUT2D eigenvalue weighted by Gasteiger charge is 2.06. The Hall–Kier alpha value is -1.08. The maximum atomic E-state index is 2.23. The fourth-order valence-corrected chi connectivity index (χ4v) is 2.07. The second-order valence-electron chi connectivity index (χ2n) is 3.47. The van der Waals surface area contributed by atoms with Gasteiger partial charge in [0, 0.05) is 0 Å². The van der Waals surface area contributed by atoms with Crippen molar-refractivity contribution in [3.63, 3.8) is 0 Å². The van der Waals surface area contributed by atoms with Gasteiger partial charge in [-0.2, -0.15) is 0 Å². The Bertz CT molecular complexity index is 492. The van der Waals surface area contributed by atoms with E-state index in [0.717, 1.165) is 6.42 Å². The van der Waals surface area contributed by atoms with Gasteiger partial charge in [0.15, 0.2) is 0 Å². The SMILES string of the molecule is Br.C1=Cc2cccc3cccc(c23)C1. The molecular weight excluding hydrogens is 236 g/mol. The van der Waals surface area contributed by atoms with Crippen molar-refractivity contribution in [2.24, 2.45) is 0 Å². The number of allylic oxidation sites excluding steroid dienone is 1. The molecule has 0 atom stereocenters. The van der Waals surface area contributed by atoms with Crippen LogP contribution in [0.2, 0.25) is 0 Å². The molecule has 70 valence electrons. The molecule has 0 saturated carbocycles. The summed E-state index contributed by atoms with van der Waals surface area (Å²) in [5.41, 5.74) is 2.81. The molecule has 0 nitrogen and oxygen atoms in total. The molecule has 2 aromatic rings. The van der Waals surface area contributed by atoms with E-state index in [-0.39, 0.29) is 17.0 Å². The Morgan fingerprint density at radius 3 is 2.57 bits per heavy atom. The second kappa shape index (κ2) is 3.58. The van der Waals surface area contributed by atoms with Crippen molar-refractivity contribution < 1.29 is 0 Å². The molecule has 0 heterocycles. The standard InChI is InChI=1S/C13H10.BrH/c1-4-10-6-2-8-12-9-3-7-11(5-1)13(10)12;/h1-8H,9H2;1H. The Kier molecular flexibility index (Phi) is 2.42. The van der Waals surface area contributed by atoms with Crippen LogP contribution in [0.3, 0.4) is 0 Å². The Labute approximate surface area is 94.0 Å². The van der Waals surface area contributed by atoms with Crippen LogP contribution >= 0.6 is 17.0 Å². The van der Waals surface area contributed by atoms with E-state index in [2.05, 4.69) is 48.6 Å². The average Bonchev–Trinajstić information content (AvgIpc) is 2.19. The molecule has 1 aliphatic rings. The Morgan fingerprint density at radius 1 is 0.929 bits per heavy atom. The zero-order valence-electron chi connectivity index (χ0n) is 7.73. The zero-order valence-corrected chi connectivity index (χ0v) is 9.45. The van der Waals surface area contributed by atoms with Crippen molar-refractivity contribution in [3.8, 4) is 0 Å². The van der Waals surface area contributed by atoms with Gasteiger partial charge < -0.3 is 0 Å². The third-order valence-corrected chi connectivity index (χ3v) is 2.66. The third kappa shape index (κ3) is 1.28. The van der Waals surface area contributed by atoms with Crippen LogP contribution in [-0.4, -0.2) is 0 Å². The lowest BCUT2D eigenvalue weighted by molar-refractivity contribution is 1.29. The molecule has 0 unspecified atom stereocenters. The summed E-state index contributed by atoms with van der Waals surface area (Å²) < 4.78 is 0. The summed E-state index contributed by atoms with van der Waals surface area (Å²) in [6, 6.07) is 13.0. The summed E-state index contributed by atoms with van der Waals surface area (Å²) in [5.74, 6) is 0. The molecule has 0 aliphatic heterocycles. The van der Waals surface area contributed by atoms with Gasteiger partial charge in [0.05, 0.1) is 0 Å². The van der Waals surface area contributed by atoms with Gasteiger partial charge in [-0.3, -0.25) is 0 Å². The van der Waals surface area contributed by atoms with E-state index >= 15 is 0 Å². The highest BCUT2D eigenvalue weighted by molar-refractivity contribution is 8.93. The minimum atomic E-state index is 0. The van der Waals surface area contributed by atoms with Crippen LogP contribution in [0.5, 0.6) is 0 Å². The third-order valence-electron chi connectivity index (χ3n) is 2.66. The molecule has 2 aromatic carbocycles. The number of halogens is 1. The first kappa shape index (κ1) is 9.47. The lowest BCUT2D eigenvalue weighted by atomic mass is 9.93. The molecule has 0 bridgehead atoms. The van der Waals surface area contributed by atoms with Crippen LogP contribution in [0.4, 0.5) is 0 Å². The van der Waals surface area contributed by atoms with E-state index in [4.69, 9.17) is 0 Å². The summed E-state index contributed by atoms with van der Waals surface area (Å²) in [6.07, 6.45) is 5.53. The van der Waals surface area contributed by atoms with E-state index in [1.807, 2.05) is 0 Å². The monoisotopic (exact) mass is 246 g/mol. The first-order valence-electron chi connectivity index (χ1n) is 4.62. The van der Waals surface area contributed by atoms with Gasteiger partial charge >= 0.3 is 0 Å². The normalized spacial score (nSPS) is 12.6. The summed E-state index contributed by atoms with van der Waals surface area (Å²) in [4.78, 5) is 0. The molecular formula is C13H11Br. The minimum absolute atomic E-state index is 0. The molecule has 1 heteroatoms. The first-order chi connectivity index (χ1) is 6.45. The predicted octanol–water partition coefficient (Wildman–Crippen LogP) is 3.99. The number of benzene rings is 2. The highest BCUT2D eigenvalue weighted by atomic mass is 79.9. The largest absolute Gasteiger partial charge is 0.114 e. The summed E-state index contributed by atoms with van der Waals surface area (Å²) in [6.45, 7) is 0. The van der Waals surface area contributed by atoms with E-state index in [9.17, 15) is 0 Å². The van der Waals surface area contributed by atoms with Gasteiger partial charge in [-0.25, -0.2) is 0 Å². The molecule has 0 N–H and O–H groups in total. The summed E-state index contributed by atoms with van der Waals surface area (Å²) in [7, 11) is 0. The van der Waals surface area contributed by atoms with Crippen LogP contribution in [0.15, 0.2) is 42.5 Å².